The molecule has 4 N–H and O–H groups in total. The maximum Gasteiger partial charge on any atom is 0.256 e. The van der Waals surface area contributed by atoms with Crippen molar-refractivity contribution < 1.29 is 20.1 Å². The first-order chi connectivity index (χ1) is 9.93. The molecule has 0 bridgehead atoms. The van der Waals surface area contributed by atoms with Crippen LogP contribution in [0, 0.1) is 12.8 Å². The lowest BCUT2D eigenvalue weighted by molar-refractivity contribution is -0.209. The van der Waals surface area contributed by atoms with Crippen molar-refractivity contribution >= 4 is 5.82 Å². The molecule has 21 heavy (non-hydrogen) atoms. The van der Waals surface area contributed by atoms with E-state index in [0.29, 0.717) is 17.2 Å². The molecule has 3 heterocycles. The van der Waals surface area contributed by atoms with Crippen molar-refractivity contribution in [1.29, 1.82) is 0 Å². The first-order valence-corrected chi connectivity index (χ1v) is 6.89. The normalized spacial score (nSPS) is 35.3. The standard InChI is InChI=1S/C13H19N3O5/c1-5-14-11-7(12(20)15-5)3-6-9(18)10(19)8(4-17)21-13(6)16(11)2/h6,8-10,13,17-19H,3-4H2,1-2H3,(H,14,15,20)/t6-,8+,9-,10-,13+/m0/s1. The molecule has 0 aromatic carbocycles. The third-order valence-electron chi connectivity index (χ3n) is 4.30. The Kier molecular flexibility index (Phi) is 3.48. The zero-order valence-corrected chi connectivity index (χ0v) is 11.9. The number of aliphatic hydroxyl groups excluding tert-OH is 3. The van der Waals surface area contributed by atoms with E-state index in [1.54, 1.807) is 18.9 Å². The molecule has 1 fully saturated rings. The smallest absolute Gasteiger partial charge is 0.256 e. The Morgan fingerprint density at radius 2 is 2.14 bits per heavy atom. The molecule has 0 radical (unpaired) electrons. The molecule has 0 amide bonds. The van der Waals surface area contributed by atoms with Crippen molar-refractivity contribution in [2.45, 2.75) is 37.9 Å². The quantitative estimate of drug-likeness (QED) is 0.479. The van der Waals surface area contributed by atoms with Crippen LogP contribution in [0.3, 0.4) is 0 Å². The summed E-state index contributed by atoms with van der Waals surface area (Å²) in [6, 6.07) is 0. The highest BCUT2D eigenvalue weighted by atomic mass is 16.5. The van der Waals surface area contributed by atoms with Gasteiger partial charge in [-0.2, -0.15) is 0 Å². The molecule has 0 unspecified atom stereocenters. The van der Waals surface area contributed by atoms with Gasteiger partial charge >= 0.3 is 0 Å². The summed E-state index contributed by atoms with van der Waals surface area (Å²) >= 11 is 0. The van der Waals surface area contributed by atoms with Crippen molar-refractivity contribution in [2.24, 2.45) is 5.92 Å². The van der Waals surface area contributed by atoms with E-state index in [-0.39, 0.29) is 18.6 Å². The minimum Gasteiger partial charge on any atom is -0.394 e. The van der Waals surface area contributed by atoms with Crippen LogP contribution in [0.1, 0.15) is 11.4 Å². The van der Waals surface area contributed by atoms with Gasteiger partial charge in [0.1, 0.15) is 30.1 Å². The van der Waals surface area contributed by atoms with Gasteiger partial charge in [-0.25, -0.2) is 4.98 Å². The van der Waals surface area contributed by atoms with Gasteiger partial charge in [-0.05, 0) is 13.3 Å². The Morgan fingerprint density at radius 1 is 1.43 bits per heavy atom. The Hall–Kier alpha value is -1.48. The molecule has 2 aliphatic rings. The van der Waals surface area contributed by atoms with Gasteiger partial charge in [0.15, 0.2) is 0 Å². The van der Waals surface area contributed by atoms with Crippen LogP contribution in [0.2, 0.25) is 0 Å². The number of aryl methyl sites for hydroxylation is 1. The lowest BCUT2D eigenvalue weighted by Gasteiger charge is -2.48. The van der Waals surface area contributed by atoms with Crippen molar-refractivity contribution in [3.05, 3.63) is 21.7 Å². The van der Waals surface area contributed by atoms with Crippen LogP contribution >= 0.6 is 0 Å². The largest absolute Gasteiger partial charge is 0.394 e. The number of anilines is 1. The maximum absolute atomic E-state index is 12.1. The second-order valence-corrected chi connectivity index (χ2v) is 5.66. The van der Waals surface area contributed by atoms with E-state index in [2.05, 4.69) is 9.97 Å². The van der Waals surface area contributed by atoms with Gasteiger partial charge in [0.05, 0.1) is 18.3 Å². The fourth-order valence-electron chi connectivity index (χ4n) is 3.18. The molecule has 116 valence electrons. The number of hydrogen-bond acceptors (Lipinski definition) is 7. The number of aromatic nitrogens is 2. The summed E-state index contributed by atoms with van der Waals surface area (Å²) < 4.78 is 5.68. The Balaban J connectivity index is 2.04. The van der Waals surface area contributed by atoms with Crippen LogP contribution in [0.25, 0.3) is 0 Å². The predicted octanol–water partition coefficient (Wildman–Crippen LogP) is -1.87. The average molecular weight is 297 g/mol. The van der Waals surface area contributed by atoms with Crippen LogP contribution in [0.4, 0.5) is 5.82 Å². The molecule has 2 aliphatic heterocycles. The fourth-order valence-corrected chi connectivity index (χ4v) is 3.18. The highest BCUT2D eigenvalue weighted by molar-refractivity contribution is 5.49. The van der Waals surface area contributed by atoms with E-state index in [0.717, 1.165) is 0 Å². The van der Waals surface area contributed by atoms with Crippen LogP contribution in [-0.2, 0) is 11.2 Å². The maximum atomic E-state index is 12.1. The first-order valence-electron chi connectivity index (χ1n) is 6.89. The van der Waals surface area contributed by atoms with Crippen LogP contribution in [0.15, 0.2) is 4.79 Å². The van der Waals surface area contributed by atoms with Gasteiger partial charge in [0.25, 0.3) is 5.56 Å². The molecular weight excluding hydrogens is 278 g/mol. The van der Waals surface area contributed by atoms with Crippen molar-refractivity contribution in [1.82, 2.24) is 9.97 Å². The number of rotatable bonds is 1. The topological polar surface area (TPSA) is 119 Å². The van der Waals surface area contributed by atoms with Crippen LogP contribution < -0.4 is 10.5 Å². The summed E-state index contributed by atoms with van der Waals surface area (Å²) in [7, 11) is 1.72. The molecule has 0 spiro atoms. The lowest BCUT2D eigenvalue weighted by atomic mass is 9.83. The molecule has 1 aromatic heterocycles. The van der Waals surface area contributed by atoms with Crippen molar-refractivity contribution in [3.63, 3.8) is 0 Å². The van der Waals surface area contributed by atoms with Gasteiger partial charge < -0.3 is 29.9 Å². The average Bonchev–Trinajstić information content (AvgIpc) is 2.44. The second-order valence-electron chi connectivity index (χ2n) is 5.66. The summed E-state index contributed by atoms with van der Waals surface area (Å²) in [5, 5.41) is 29.5. The molecule has 8 nitrogen and oxygen atoms in total. The first kappa shape index (κ1) is 14.5. The van der Waals surface area contributed by atoms with Crippen molar-refractivity contribution in [2.75, 3.05) is 18.6 Å². The van der Waals surface area contributed by atoms with Crippen LogP contribution in [-0.4, -0.2) is 63.5 Å². The second kappa shape index (κ2) is 5.06. The van der Waals surface area contributed by atoms with Crippen LogP contribution in [0.5, 0.6) is 0 Å². The number of ether oxygens (including phenoxy) is 1. The Labute approximate surface area is 121 Å². The van der Waals surface area contributed by atoms with E-state index < -0.39 is 30.5 Å². The highest BCUT2D eigenvalue weighted by Crippen LogP contribution is 2.37. The number of H-pyrrole nitrogens is 1. The van der Waals surface area contributed by atoms with Gasteiger partial charge in [-0.1, -0.05) is 0 Å². The summed E-state index contributed by atoms with van der Waals surface area (Å²) in [6.45, 7) is 1.31. The van der Waals surface area contributed by atoms with E-state index in [1.165, 1.54) is 0 Å². The van der Waals surface area contributed by atoms with E-state index in [9.17, 15) is 20.1 Å². The Bertz CT molecular complexity index is 604. The molecule has 5 atom stereocenters. The summed E-state index contributed by atoms with van der Waals surface area (Å²) in [6.07, 6.45) is -3.38. The summed E-state index contributed by atoms with van der Waals surface area (Å²) in [5.74, 6) is 0.558. The van der Waals surface area contributed by atoms with Gasteiger partial charge in [0, 0.05) is 13.0 Å². The zero-order chi connectivity index (χ0) is 15.3. The minimum absolute atomic E-state index is 0.242. The third kappa shape index (κ3) is 2.15. The molecule has 0 aliphatic carbocycles. The fraction of sp³-hybridized carbons (Fsp3) is 0.692. The molecule has 0 saturated carbocycles. The predicted molar refractivity (Wildman–Crippen MR) is 73.0 cm³/mol. The Morgan fingerprint density at radius 3 is 2.81 bits per heavy atom. The number of aliphatic hydroxyl groups is 3. The van der Waals surface area contributed by atoms with Gasteiger partial charge in [-0.3, -0.25) is 4.79 Å². The number of hydrogen-bond donors (Lipinski definition) is 4. The number of nitrogens with zero attached hydrogens (tertiary/aromatic N) is 2. The number of aromatic amines is 1. The lowest BCUT2D eigenvalue weighted by Crippen LogP contribution is -2.62. The molecular formula is C13H19N3O5. The number of nitrogens with one attached hydrogen (secondary N) is 1. The molecule has 1 aromatic rings. The van der Waals surface area contributed by atoms with E-state index >= 15 is 0 Å². The third-order valence-corrected chi connectivity index (χ3v) is 4.30. The SMILES string of the molecule is Cc1nc2c(c(=O)[nH]1)C[C@H]1[C@H](O)[C@@H](O)[C@@H](CO)O[C@H]1N2C. The summed E-state index contributed by atoms with van der Waals surface area (Å²) in [5.41, 5.74) is 0.232. The van der Waals surface area contributed by atoms with E-state index in [4.69, 9.17) is 4.74 Å². The summed E-state index contributed by atoms with van der Waals surface area (Å²) in [4.78, 5) is 20.7. The minimum atomic E-state index is -1.18. The van der Waals surface area contributed by atoms with Gasteiger partial charge in [0.2, 0.25) is 0 Å². The zero-order valence-electron chi connectivity index (χ0n) is 11.9. The molecule has 8 heteroatoms. The number of fused-ring (bicyclic) bond motifs is 2. The monoisotopic (exact) mass is 297 g/mol. The molecule has 3 rings (SSSR count). The van der Waals surface area contributed by atoms with Crippen molar-refractivity contribution in [3.8, 4) is 0 Å². The molecule has 1 saturated heterocycles. The van der Waals surface area contributed by atoms with Gasteiger partial charge in [-0.15, -0.1) is 0 Å². The highest BCUT2D eigenvalue weighted by Gasteiger charge is 2.49. The van der Waals surface area contributed by atoms with E-state index in [1.807, 2.05) is 0 Å².